The van der Waals surface area contributed by atoms with Crippen molar-refractivity contribution in [3.05, 3.63) is 0 Å². The van der Waals surface area contributed by atoms with Crippen LogP contribution in [0.3, 0.4) is 0 Å². The van der Waals surface area contributed by atoms with Gasteiger partial charge in [-0.05, 0) is 0 Å². The number of thiocarbonyl (C=S) groups is 1. The van der Waals surface area contributed by atoms with Gasteiger partial charge in [0.2, 0.25) is 10.0 Å². The highest BCUT2D eigenvalue weighted by molar-refractivity contribution is 7.92. The summed E-state index contributed by atoms with van der Waals surface area (Å²) in [5.74, 6) is -0.849. The zero-order valence-electron chi connectivity index (χ0n) is 8.07. The van der Waals surface area contributed by atoms with Crippen LogP contribution >= 0.6 is 12.2 Å². The number of nitrogens with two attached hydrogens (primary N) is 1. The van der Waals surface area contributed by atoms with Gasteiger partial charge in [0.15, 0.2) is 0 Å². The molecule has 0 radical (unpaired) electrons. The lowest BCUT2D eigenvalue weighted by Gasteiger charge is -2.22. The molecule has 5 nitrogen and oxygen atoms in total. The monoisotopic (exact) mass is 280 g/mol. The Morgan fingerprint density at radius 1 is 1.44 bits per heavy atom. The van der Waals surface area contributed by atoms with E-state index in [1.54, 1.807) is 0 Å². The molecule has 0 rings (SSSR count). The second-order valence-corrected chi connectivity index (χ2v) is 5.39. The van der Waals surface area contributed by atoms with E-state index in [1.165, 1.54) is 0 Å². The third-order valence-corrected chi connectivity index (χ3v) is 3.52. The van der Waals surface area contributed by atoms with Gasteiger partial charge < -0.3 is 10.8 Å². The molecule has 0 aromatic heterocycles. The number of rotatable bonds is 6. The Hall–Kier alpha value is -0.450. The van der Waals surface area contributed by atoms with Crippen molar-refractivity contribution in [2.24, 2.45) is 5.73 Å². The minimum atomic E-state index is -4.68. The van der Waals surface area contributed by atoms with Crippen molar-refractivity contribution < 1.29 is 26.7 Å². The van der Waals surface area contributed by atoms with E-state index in [2.05, 4.69) is 12.2 Å². The Bertz CT molecular complexity index is 341. The topological polar surface area (TPSA) is 83.6 Å². The summed E-state index contributed by atoms with van der Waals surface area (Å²) in [7, 11) is -4.23. The van der Waals surface area contributed by atoms with Crippen molar-refractivity contribution in [1.82, 2.24) is 4.31 Å². The molecule has 0 amide bonds. The van der Waals surface area contributed by atoms with Crippen molar-refractivity contribution in [2.75, 3.05) is 25.4 Å². The molecule has 16 heavy (non-hydrogen) atoms. The molecule has 0 aliphatic heterocycles. The molecule has 0 heterocycles. The summed E-state index contributed by atoms with van der Waals surface area (Å²) in [6.45, 7) is -3.03. The maximum atomic E-state index is 12.0. The van der Waals surface area contributed by atoms with E-state index in [0.29, 0.717) is 0 Å². The minimum absolute atomic E-state index is 0.103. The lowest BCUT2D eigenvalue weighted by molar-refractivity contribution is -0.136. The first kappa shape index (κ1) is 15.6. The standard InChI is InChI=1S/C6H11F3N2O3S2/c7-6(8,9)4-11(1-2-12)16(13,14)3-5(10)15/h12H,1-4H2,(H2,10,15). The summed E-state index contributed by atoms with van der Waals surface area (Å²) in [5.41, 5.74) is 4.96. The van der Waals surface area contributed by atoms with Crippen molar-refractivity contribution in [3.8, 4) is 0 Å². The number of halogens is 3. The summed E-state index contributed by atoms with van der Waals surface area (Å²) in [4.78, 5) is -0.426. The van der Waals surface area contributed by atoms with Crippen LogP contribution in [0, 0.1) is 0 Å². The Morgan fingerprint density at radius 3 is 2.25 bits per heavy atom. The first-order valence-corrected chi connectivity index (χ1v) is 6.04. The van der Waals surface area contributed by atoms with Gasteiger partial charge in [0.1, 0.15) is 12.3 Å². The Labute approximate surface area is 96.1 Å². The molecule has 0 saturated heterocycles. The average Bonchev–Trinajstić information content (AvgIpc) is 1.98. The van der Waals surface area contributed by atoms with Crippen LogP contribution in [-0.2, 0) is 10.0 Å². The molecule has 0 bridgehead atoms. The third-order valence-electron chi connectivity index (χ3n) is 1.42. The Kier molecular flexibility index (Phi) is 5.59. The van der Waals surface area contributed by atoms with E-state index >= 15 is 0 Å². The minimum Gasteiger partial charge on any atom is -0.395 e. The number of aliphatic hydroxyl groups excluding tert-OH is 1. The summed E-state index contributed by atoms with van der Waals surface area (Å²) in [6.07, 6.45) is -4.68. The molecular formula is C6H11F3N2O3S2. The molecule has 0 atom stereocenters. The molecule has 0 aromatic carbocycles. The van der Waals surface area contributed by atoms with Crippen LogP contribution in [0.1, 0.15) is 0 Å². The van der Waals surface area contributed by atoms with Crippen LogP contribution in [0.5, 0.6) is 0 Å². The molecule has 96 valence electrons. The lowest BCUT2D eigenvalue weighted by atomic mass is 10.6. The van der Waals surface area contributed by atoms with Gasteiger partial charge in [-0.3, -0.25) is 0 Å². The predicted molar refractivity (Wildman–Crippen MR) is 55.3 cm³/mol. The zero-order valence-corrected chi connectivity index (χ0v) is 9.70. The second-order valence-electron chi connectivity index (χ2n) is 2.89. The van der Waals surface area contributed by atoms with Gasteiger partial charge >= 0.3 is 6.18 Å². The largest absolute Gasteiger partial charge is 0.402 e. The summed E-state index contributed by atoms with van der Waals surface area (Å²) in [5, 5.41) is 8.49. The molecule has 3 N–H and O–H groups in total. The van der Waals surface area contributed by atoms with E-state index < -0.39 is 46.6 Å². The number of sulfonamides is 1. The highest BCUT2D eigenvalue weighted by atomic mass is 32.2. The molecule has 0 aliphatic carbocycles. The van der Waals surface area contributed by atoms with Crippen molar-refractivity contribution in [3.63, 3.8) is 0 Å². The smallest absolute Gasteiger partial charge is 0.395 e. The van der Waals surface area contributed by atoms with Gasteiger partial charge in [-0.15, -0.1) is 0 Å². The van der Waals surface area contributed by atoms with Gasteiger partial charge in [-0.1, -0.05) is 12.2 Å². The molecule has 0 fully saturated rings. The Morgan fingerprint density at radius 2 is 1.94 bits per heavy atom. The van der Waals surface area contributed by atoms with Crippen LogP contribution in [0.15, 0.2) is 0 Å². The van der Waals surface area contributed by atoms with E-state index in [4.69, 9.17) is 10.8 Å². The fourth-order valence-corrected chi connectivity index (χ4v) is 2.59. The van der Waals surface area contributed by atoms with Gasteiger partial charge in [0.25, 0.3) is 0 Å². The first-order valence-electron chi connectivity index (χ1n) is 4.02. The van der Waals surface area contributed by atoms with Crippen LogP contribution in [0.25, 0.3) is 0 Å². The van der Waals surface area contributed by atoms with Crippen LogP contribution in [0.2, 0.25) is 0 Å². The average molecular weight is 280 g/mol. The van der Waals surface area contributed by atoms with Crippen molar-refractivity contribution in [1.29, 1.82) is 0 Å². The maximum absolute atomic E-state index is 12.0. The second kappa shape index (κ2) is 5.75. The SMILES string of the molecule is NC(=S)CS(=O)(=O)N(CCO)CC(F)(F)F. The number of alkyl halides is 3. The molecule has 10 heteroatoms. The molecule has 0 saturated carbocycles. The van der Waals surface area contributed by atoms with Crippen LogP contribution in [0.4, 0.5) is 13.2 Å². The zero-order chi connectivity index (χ0) is 13.0. The van der Waals surface area contributed by atoms with E-state index in [0.717, 1.165) is 0 Å². The quantitative estimate of drug-likeness (QED) is 0.638. The van der Waals surface area contributed by atoms with Gasteiger partial charge in [-0.25, -0.2) is 8.42 Å². The number of aliphatic hydroxyl groups is 1. The van der Waals surface area contributed by atoms with E-state index in [1.807, 2.05) is 0 Å². The van der Waals surface area contributed by atoms with Crippen LogP contribution in [-0.4, -0.2) is 54.4 Å². The fourth-order valence-electron chi connectivity index (χ4n) is 0.899. The van der Waals surface area contributed by atoms with Crippen LogP contribution < -0.4 is 5.73 Å². The summed E-state index contributed by atoms with van der Waals surface area (Å²) in [6, 6.07) is 0. The van der Waals surface area contributed by atoms with Gasteiger partial charge in [0, 0.05) is 6.54 Å². The number of hydrogen-bond donors (Lipinski definition) is 2. The Balaban J connectivity index is 4.83. The van der Waals surface area contributed by atoms with Gasteiger partial charge in [-0.2, -0.15) is 17.5 Å². The van der Waals surface area contributed by atoms with E-state index in [-0.39, 0.29) is 4.31 Å². The van der Waals surface area contributed by atoms with Gasteiger partial charge in [0.05, 0.1) is 11.6 Å². The van der Waals surface area contributed by atoms with E-state index in [9.17, 15) is 21.6 Å². The molecule has 0 aromatic rings. The number of hydrogen-bond acceptors (Lipinski definition) is 4. The number of nitrogens with zero attached hydrogens (tertiary/aromatic N) is 1. The molecular weight excluding hydrogens is 269 g/mol. The third kappa shape index (κ3) is 6.20. The molecule has 0 unspecified atom stereocenters. The normalized spacial score (nSPS) is 13.1. The predicted octanol–water partition coefficient (Wildman–Crippen LogP) is -0.541. The highest BCUT2D eigenvalue weighted by Gasteiger charge is 2.36. The summed E-state index contributed by atoms with van der Waals surface area (Å²) < 4.78 is 59.0. The maximum Gasteiger partial charge on any atom is 0.402 e. The first-order chi connectivity index (χ1) is 7.08. The summed E-state index contributed by atoms with van der Waals surface area (Å²) >= 11 is 4.32. The molecule has 0 spiro atoms. The lowest BCUT2D eigenvalue weighted by Crippen LogP contribution is -2.43. The van der Waals surface area contributed by atoms with Crippen molar-refractivity contribution >= 4 is 27.2 Å². The van der Waals surface area contributed by atoms with Crippen molar-refractivity contribution in [2.45, 2.75) is 6.18 Å². The highest BCUT2D eigenvalue weighted by Crippen LogP contribution is 2.18. The fraction of sp³-hybridized carbons (Fsp3) is 0.833. The molecule has 0 aliphatic rings.